The van der Waals surface area contributed by atoms with E-state index in [0.717, 1.165) is 10.9 Å². The smallest absolute Gasteiger partial charge is 0.270 e. The predicted octanol–water partition coefficient (Wildman–Crippen LogP) is 3.51. The van der Waals surface area contributed by atoms with Gasteiger partial charge in [0.2, 0.25) is 0 Å². The number of benzene rings is 2. The maximum absolute atomic E-state index is 10.8. The highest BCUT2D eigenvalue weighted by molar-refractivity contribution is 6.33. The molecule has 9 nitrogen and oxygen atoms in total. The van der Waals surface area contributed by atoms with Gasteiger partial charge in [-0.05, 0) is 12.1 Å². The van der Waals surface area contributed by atoms with Gasteiger partial charge in [0.25, 0.3) is 11.6 Å². The number of fused-ring (bicyclic) bond motifs is 3. The number of nitro groups is 1. The van der Waals surface area contributed by atoms with E-state index < -0.39 is 4.92 Å². The Hall–Kier alpha value is -3.59. The average Bonchev–Trinajstić information content (AvgIpc) is 3.01. The molecule has 2 heterocycles. The molecule has 2 aromatic carbocycles. The zero-order valence-corrected chi connectivity index (χ0v) is 13.8. The molecule has 2 N–H and O–H groups in total. The number of H-pyrrole nitrogens is 1. The van der Waals surface area contributed by atoms with Gasteiger partial charge in [0.15, 0.2) is 5.65 Å². The van der Waals surface area contributed by atoms with Crippen LogP contribution in [-0.4, -0.2) is 31.3 Å². The SMILES string of the molecule is O=[N+]([O-])c1ccc(Cl)c(C=NNc2nnc3c(n2)[nH]c2ccccc23)c1. The molecular formula is C16H10ClN7O2. The van der Waals surface area contributed by atoms with Crippen LogP contribution in [0.25, 0.3) is 22.1 Å². The van der Waals surface area contributed by atoms with Crippen LogP contribution in [0.15, 0.2) is 47.6 Å². The maximum atomic E-state index is 10.8. The minimum absolute atomic E-state index is 0.0757. The fourth-order valence-corrected chi connectivity index (χ4v) is 2.64. The number of nitrogens with one attached hydrogen (secondary N) is 2. The third-order valence-electron chi connectivity index (χ3n) is 3.68. The van der Waals surface area contributed by atoms with E-state index in [2.05, 4.69) is 30.7 Å². The lowest BCUT2D eigenvalue weighted by molar-refractivity contribution is -0.384. The first kappa shape index (κ1) is 15.9. The van der Waals surface area contributed by atoms with Crippen molar-refractivity contribution in [3.8, 4) is 0 Å². The predicted molar refractivity (Wildman–Crippen MR) is 98.5 cm³/mol. The Morgan fingerprint density at radius 2 is 2.08 bits per heavy atom. The van der Waals surface area contributed by atoms with Crippen LogP contribution in [0.3, 0.4) is 0 Å². The molecule has 4 aromatic rings. The Balaban J connectivity index is 1.60. The van der Waals surface area contributed by atoms with Crippen molar-refractivity contribution in [3.63, 3.8) is 0 Å². The molecule has 0 saturated heterocycles. The van der Waals surface area contributed by atoms with Crippen molar-refractivity contribution in [2.24, 2.45) is 5.10 Å². The molecule has 2 aromatic heterocycles. The van der Waals surface area contributed by atoms with Gasteiger partial charge in [0.05, 0.1) is 11.1 Å². The van der Waals surface area contributed by atoms with Gasteiger partial charge in [0.1, 0.15) is 5.52 Å². The molecule has 4 rings (SSSR count). The summed E-state index contributed by atoms with van der Waals surface area (Å²) in [6.07, 6.45) is 1.36. The molecule has 0 spiro atoms. The summed E-state index contributed by atoms with van der Waals surface area (Å²) in [5.74, 6) is 0.182. The van der Waals surface area contributed by atoms with Crippen LogP contribution < -0.4 is 5.43 Å². The molecule has 0 fully saturated rings. The van der Waals surface area contributed by atoms with Crippen LogP contribution in [0, 0.1) is 10.1 Å². The summed E-state index contributed by atoms with van der Waals surface area (Å²) >= 11 is 6.02. The zero-order chi connectivity index (χ0) is 18.1. The van der Waals surface area contributed by atoms with Crippen molar-refractivity contribution in [2.75, 3.05) is 5.43 Å². The number of para-hydroxylation sites is 1. The van der Waals surface area contributed by atoms with Gasteiger partial charge in [-0.25, -0.2) is 5.43 Å². The average molecular weight is 368 g/mol. The standard InChI is InChI=1S/C16H10ClN7O2/c17-12-6-5-10(24(25)26)7-9(12)8-18-22-16-20-15-14(21-23-16)11-3-1-2-4-13(11)19-15/h1-8H,(H2,19,20,22,23). The number of nitrogens with zero attached hydrogens (tertiary/aromatic N) is 5. The second-order valence-corrected chi connectivity index (χ2v) is 5.74. The van der Waals surface area contributed by atoms with Gasteiger partial charge in [-0.3, -0.25) is 10.1 Å². The number of hydrazone groups is 1. The molecule has 0 aliphatic rings. The molecule has 0 amide bonds. The number of nitro benzene ring substituents is 1. The van der Waals surface area contributed by atoms with E-state index in [4.69, 9.17) is 11.6 Å². The molecule has 10 heteroatoms. The largest absolute Gasteiger partial charge is 0.338 e. The molecule has 0 bridgehead atoms. The molecule has 128 valence electrons. The number of rotatable bonds is 4. The molecule has 0 atom stereocenters. The first-order valence-electron chi connectivity index (χ1n) is 7.46. The van der Waals surface area contributed by atoms with Crippen LogP contribution in [-0.2, 0) is 0 Å². The summed E-state index contributed by atoms with van der Waals surface area (Å²) in [5.41, 5.74) is 5.11. The highest BCUT2D eigenvalue weighted by atomic mass is 35.5. The Labute approximate surface area is 150 Å². The minimum atomic E-state index is -0.502. The number of halogens is 1. The number of aromatic nitrogens is 4. The Morgan fingerprint density at radius 3 is 2.92 bits per heavy atom. The Bertz CT molecular complexity index is 1170. The van der Waals surface area contributed by atoms with Crippen molar-refractivity contribution in [2.45, 2.75) is 0 Å². The molecule has 0 radical (unpaired) electrons. The van der Waals surface area contributed by atoms with Crippen LogP contribution >= 0.6 is 11.6 Å². The summed E-state index contributed by atoms with van der Waals surface area (Å²) in [5, 5.41) is 24.2. The van der Waals surface area contributed by atoms with Gasteiger partial charge in [0, 0.05) is 33.6 Å². The quantitative estimate of drug-likeness (QED) is 0.323. The summed E-state index contributed by atoms with van der Waals surface area (Å²) in [7, 11) is 0. The lowest BCUT2D eigenvalue weighted by Crippen LogP contribution is -1.99. The third kappa shape index (κ3) is 2.91. The van der Waals surface area contributed by atoms with Crippen molar-refractivity contribution >= 4 is 51.5 Å². The van der Waals surface area contributed by atoms with E-state index in [1.54, 1.807) is 0 Å². The molecule has 0 saturated carbocycles. The monoisotopic (exact) mass is 367 g/mol. The molecule has 0 aliphatic heterocycles. The maximum Gasteiger partial charge on any atom is 0.270 e. The fourth-order valence-electron chi connectivity index (χ4n) is 2.47. The van der Waals surface area contributed by atoms with Gasteiger partial charge in [-0.1, -0.05) is 29.8 Å². The van der Waals surface area contributed by atoms with Crippen LogP contribution in [0.4, 0.5) is 11.6 Å². The fraction of sp³-hybridized carbons (Fsp3) is 0. The number of aromatic amines is 1. The van der Waals surface area contributed by atoms with Crippen LogP contribution in [0.1, 0.15) is 5.56 Å². The van der Waals surface area contributed by atoms with Crippen molar-refractivity contribution in [1.29, 1.82) is 0 Å². The first-order valence-corrected chi connectivity index (χ1v) is 7.84. The lowest BCUT2D eigenvalue weighted by atomic mass is 10.2. The second-order valence-electron chi connectivity index (χ2n) is 5.34. The molecular weight excluding hydrogens is 358 g/mol. The number of hydrogen-bond donors (Lipinski definition) is 2. The second kappa shape index (κ2) is 6.37. The van der Waals surface area contributed by atoms with Crippen molar-refractivity contribution in [3.05, 3.63) is 63.2 Å². The Kier molecular flexibility index (Phi) is 3.90. The van der Waals surface area contributed by atoms with E-state index in [1.807, 2.05) is 24.3 Å². The molecule has 0 unspecified atom stereocenters. The molecule has 0 aliphatic carbocycles. The number of anilines is 1. The van der Waals surface area contributed by atoms with E-state index >= 15 is 0 Å². The topological polar surface area (TPSA) is 122 Å². The van der Waals surface area contributed by atoms with E-state index in [0.29, 0.717) is 21.7 Å². The van der Waals surface area contributed by atoms with E-state index in [1.165, 1.54) is 24.4 Å². The third-order valence-corrected chi connectivity index (χ3v) is 4.02. The van der Waals surface area contributed by atoms with Gasteiger partial charge >= 0.3 is 0 Å². The van der Waals surface area contributed by atoms with Crippen LogP contribution in [0.5, 0.6) is 0 Å². The van der Waals surface area contributed by atoms with Crippen LogP contribution in [0.2, 0.25) is 5.02 Å². The highest BCUT2D eigenvalue weighted by Crippen LogP contribution is 2.22. The van der Waals surface area contributed by atoms with Crippen molar-refractivity contribution in [1.82, 2.24) is 20.2 Å². The zero-order valence-electron chi connectivity index (χ0n) is 13.0. The highest BCUT2D eigenvalue weighted by Gasteiger charge is 2.09. The van der Waals surface area contributed by atoms with E-state index in [9.17, 15) is 10.1 Å². The Morgan fingerprint density at radius 1 is 1.23 bits per heavy atom. The minimum Gasteiger partial charge on any atom is -0.338 e. The summed E-state index contributed by atoms with van der Waals surface area (Å²) in [6, 6.07) is 11.8. The normalized spacial score (nSPS) is 11.4. The lowest BCUT2D eigenvalue weighted by Gasteiger charge is -1.99. The van der Waals surface area contributed by atoms with Gasteiger partial charge < -0.3 is 4.98 Å². The summed E-state index contributed by atoms with van der Waals surface area (Å²) in [6.45, 7) is 0. The number of hydrogen-bond acceptors (Lipinski definition) is 7. The molecule has 26 heavy (non-hydrogen) atoms. The summed E-state index contributed by atoms with van der Waals surface area (Å²) in [4.78, 5) is 17.8. The van der Waals surface area contributed by atoms with E-state index in [-0.39, 0.29) is 11.6 Å². The first-order chi connectivity index (χ1) is 12.6. The number of non-ortho nitro benzene ring substituents is 1. The van der Waals surface area contributed by atoms with Gasteiger partial charge in [-0.15, -0.1) is 10.2 Å². The summed E-state index contributed by atoms with van der Waals surface area (Å²) < 4.78 is 0. The van der Waals surface area contributed by atoms with Crippen molar-refractivity contribution < 1.29 is 4.92 Å². The van der Waals surface area contributed by atoms with Gasteiger partial charge in [-0.2, -0.15) is 10.1 Å².